The Bertz CT molecular complexity index is 696. The number of fused-ring (bicyclic) bond motifs is 1. The Labute approximate surface area is 113 Å². The van der Waals surface area contributed by atoms with E-state index < -0.39 is 17.8 Å². The highest BCUT2D eigenvalue weighted by atomic mass is 16.7. The molecule has 2 heterocycles. The molecule has 3 rings (SSSR count). The van der Waals surface area contributed by atoms with Gasteiger partial charge in [-0.25, -0.2) is 4.79 Å². The number of carbonyl (C=O) groups excluding carboxylic acids is 3. The van der Waals surface area contributed by atoms with Crippen molar-refractivity contribution in [2.75, 3.05) is 0 Å². The van der Waals surface area contributed by atoms with Gasteiger partial charge in [-0.3, -0.25) is 9.59 Å². The molecule has 2 amide bonds. The fourth-order valence-corrected chi connectivity index (χ4v) is 1.98. The summed E-state index contributed by atoms with van der Waals surface area (Å²) in [5.41, 5.74) is 0.602. The summed E-state index contributed by atoms with van der Waals surface area (Å²) in [5.74, 6) is -1.77. The molecule has 0 aliphatic carbocycles. The van der Waals surface area contributed by atoms with E-state index in [-0.39, 0.29) is 16.7 Å². The van der Waals surface area contributed by atoms with Crippen molar-refractivity contribution in [3.8, 4) is 0 Å². The Hall–Kier alpha value is -2.89. The van der Waals surface area contributed by atoms with E-state index in [2.05, 4.69) is 0 Å². The van der Waals surface area contributed by atoms with Crippen molar-refractivity contribution in [3.05, 3.63) is 59.0 Å². The molecule has 1 aromatic carbocycles. The Morgan fingerprint density at radius 1 is 1.10 bits per heavy atom. The van der Waals surface area contributed by atoms with Gasteiger partial charge in [0.25, 0.3) is 11.8 Å². The van der Waals surface area contributed by atoms with Gasteiger partial charge in [0.15, 0.2) is 0 Å². The van der Waals surface area contributed by atoms with Crippen LogP contribution in [0.1, 0.15) is 36.8 Å². The molecule has 0 bridgehead atoms. The van der Waals surface area contributed by atoms with E-state index in [1.807, 2.05) is 0 Å². The van der Waals surface area contributed by atoms with Gasteiger partial charge in [0.2, 0.25) is 0 Å². The summed E-state index contributed by atoms with van der Waals surface area (Å²) in [6.07, 6.45) is 1.33. The summed E-state index contributed by atoms with van der Waals surface area (Å²) in [5, 5.41) is 0.472. The van der Waals surface area contributed by atoms with E-state index in [9.17, 15) is 14.4 Å². The quantitative estimate of drug-likeness (QED) is 0.780. The SMILES string of the molecule is Cc1occc1C(=O)ON1C(=O)c2ccccc2C1=O. The van der Waals surface area contributed by atoms with Crippen molar-refractivity contribution in [1.82, 2.24) is 5.06 Å². The van der Waals surface area contributed by atoms with Gasteiger partial charge in [-0.05, 0) is 25.1 Å². The normalized spacial score (nSPS) is 13.6. The summed E-state index contributed by atoms with van der Waals surface area (Å²) >= 11 is 0. The molecule has 0 fully saturated rings. The Morgan fingerprint density at radius 3 is 2.20 bits per heavy atom. The second-order valence-corrected chi connectivity index (χ2v) is 4.22. The van der Waals surface area contributed by atoms with Crippen LogP contribution in [0.25, 0.3) is 0 Å². The van der Waals surface area contributed by atoms with Crippen LogP contribution in [-0.2, 0) is 4.84 Å². The molecule has 0 radical (unpaired) electrons. The molecule has 0 saturated heterocycles. The minimum atomic E-state index is -0.814. The van der Waals surface area contributed by atoms with E-state index in [0.717, 1.165) is 0 Å². The number of hydrogen-bond acceptors (Lipinski definition) is 5. The Balaban J connectivity index is 1.87. The van der Waals surface area contributed by atoms with E-state index in [4.69, 9.17) is 9.25 Å². The zero-order valence-corrected chi connectivity index (χ0v) is 10.5. The molecule has 0 spiro atoms. The van der Waals surface area contributed by atoms with Gasteiger partial charge in [0.05, 0.1) is 17.4 Å². The largest absolute Gasteiger partial charge is 0.469 e. The number of nitrogens with zero attached hydrogens (tertiary/aromatic N) is 1. The molecule has 1 aliphatic rings. The molecular weight excluding hydrogens is 262 g/mol. The lowest BCUT2D eigenvalue weighted by atomic mass is 10.1. The molecule has 6 heteroatoms. The first kappa shape index (κ1) is 12.2. The number of hydrogen-bond donors (Lipinski definition) is 0. The smallest absolute Gasteiger partial charge is 0.367 e. The second-order valence-electron chi connectivity index (χ2n) is 4.22. The van der Waals surface area contributed by atoms with Gasteiger partial charge >= 0.3 is 5.97 Å². The van der Waals surface area contributed by atoms with E-state index in [1.54, 1.807) is 19.1 Å². The summed E-state index contributed by atoms with van der Waals surface area (Å²) < 4.78 is 4.98. The number of carbonyl (C=O) groups is 3. The van der Waals surface area contributed by atoms with Crippen LogP contribution in [0.5, 0.6) is 0 Å². The molecule has 0 N–H and O–H groups in total. The lowest BCUT2D eigenvalue weighted by Gasteiger charge is -2.11. The molecule has 0 unspecified atom stereocenters. The van der Waals surface area contributed by atoms with Crippen LogP contribution in [0.2, 0.25) is 0 Å². The second kappa shape index (κ2) is 4.34. The number of benzene rings is 1. The van der Waals surface area contributed by atoms with Gasteiger partial charge in [-0.1, -0.05) is 17.2 Å². The maximum absolute atomic E-state index is 12.0. The van der Waals surface area contributed by atoms with Crippen molar-refractivity contribution >= 4 is 17.8 Å². The Morgan fingerprint density at radius 2 is 1.70 bits per heavy atom. The number of imide groups is 1. The summed E-state index contributed by atoms with van der Waals surface area (Å²) in [6.45, 7) is 1.58. The van der Waals surface area contributed by atoms with Crippen molar-refractivity contribution in [1.29, 1.82) is 0 Å². The number of aryl methyl sites for hydroxylation is 1. The molecule has 20 heavy (non-hydrogen) atoms. The number of furan rings is 1. The first-order valence-corrected chi connectivity index (χ1v) is 5.84. The topological polar surface area (TPSA) is 76.8 Å². The van der Waals surface area contributed by atoms with Crippen LogP contribution in [0.15, 0.2) is 41.0 Å². The van der Waals surface area contributed by atoms with Crippen molar-refractivity contribution in [2.45, 2.75) is 6.92 Å². The van der Waals surface area contributed by atoms with E-state index >= 15 is 0 Å². The minimum absolute atomic E-state index is 0.168. The fraction of sp³-hybridized carbons (Fsp3) is 0.0714. The van der Waals surface area contributed by atoms with Crippen LogP contribution in [-0.4, -0.2) is 22.8 Å². The van der Waals surface area contributed by atoms with E-state index in [0.29, 0.717) is 10.8 Å². The van der Waals surface area contributed by atoms with Gasteiger partial charge in [-0.15, -0.1) is 0 Å². The van der Waals surface area contributed by atoms with Gasteiger partial charge in [-0.2, -0.15) is 0 Å². The molecular formula is C14H9NO5. The standard InChI is InChI=1S/C14H9NO5/c1-8-9(6-7-19-8)14(18)20-15-12(16)10-4-2-3-5-11(10)13(15)17/h2-7H,1H3. The molecule has 0 saturated carbocycles. The van der Waals surface area contributed by atoms with Crippen LogP contribution in [0, 0.1) is 6.92 Å². The third-order valence-electron chi connectivity index (χ3n) is 3.01. The van der Waals surface area contributed by atoms with Crippen molar-refractivity contribution in [2.24, 2.45) is 0 Å². The molecule has 0 atom stereocenters. The maximum atomic E-state index is 12.0. The number of amides is 2. The van der Waals surface area contributed by atoms with Crippen LogP contribution >= 0.6 is 0 Å². The fourth-order valence-electron chi connectivity index (χ4n) is 1.98. The Kier molecular flexibility index (Phi) is 2.64. The van der Waals surface area contributed by atoms with Gasteiger partial charge < -0.3 is 9.25 Å². The van der Waals surface area contributed by atoms with Crippen molar-refractivity contribution in [3.63, 3.8) is 0 Å². The van der Waals surface area contributed by atoms with Gasteiger partial charge in [0.1, 0.15) is 11.3 Å². The molecule has 100 valence electrons. The molecule has 1 aromatic heterocycles. The van der Waals surface area contributed by atoms with E-state index in [1.165, 1.54) is 24.5 Å². The first-order chi connectivity index (χ1) is 9.59. The molecule has 6 nitrogen and oxygen atoms in total. The average molecular weight is 271 g/mol. The third-order valence-corrected chi connectivity index (χ3v) is 3.01. The highest BCUT2D eigenvalue weighted by molar-refractivity contribution is 6.21. The van der Waals surface area contributed by atoms with Gasteiger partial charge in [0, 0.05) is 0 Å². The predicted molar refractivity (Wildman–Crippen MR) is 65.8 cm³/mol. The van der Waals surface area contributed by atoms with Crippen LogP contribution < -0.4 is 0 Å². The summed E-state index contributed by atoms with van der Waals surface area (Å²) in [7, 11) is 0. The monoisotopic (exact) mass is 271 g/mol. The molecule has 2 aromatic rings. The average Bonchev–Trinajstić information content (AvgIpc) is 2.97. The zero-order valence-electron chi connectivity index (χ0n) is 10.5. The highest BCUT2D eigenvalue weighted by Gasteiger charge is 2.39. The minimum Gasteiger partial charge on any atom is -0.469 e. The highest BCUT2D eigenvalue weighted by Crippen LogP contribution is 2.23. The third kappa shape index (κ3) is 1.70. The maximum Gasteiger partial charge on any atom is 0.367 e. The predicted octanol–water partition coefficient (Wildman–Crippen LogP) is 1.96. The lowest BCUT2D eigenvalue weighted by molar-refractivity contribution is -0.0585. The van der Waals surface area contributed by atoms with Crippen LogP contribution in [0.3, 0.4) is 0 Å². The van der Waals surface area contributed by atoms with Crippen LogP contribution in [0.4, 0.5) is 0 Å². The molecule has 1 aliphatic heterocycles. The van der Waals surface area contributed by atoms with Crippen molar-refractivity contribution < 1.29 is 23.6 Å². The zero-order chi connectivity index (χ0) is 14.3. The summed E-state index contributed by atoms with van der Waals surface area (Å²) in [4.78, 5) is 40.8. The first-order valence-electron chi connectivity index (χ1n) is 5.84. The number of hydroxylamine groups is 2. The summed E-state index contributed by atoms with van der Waals surface area (Å²) in [6, 6.07) is 7.69. The number of rotatable bonds is 2. The lowest BCUT2D eigenvalue weighted by Crippen LogP contribution is -2.32.